The van der Waals surface area contributed by atoms with E-state index in [0.717, 1.165) is 29.3 Å². The second-order valence-corrected chi connectivity index (χ2v) is 6.67. The minimum Gasteiger partial charge on any atom is -0.480 e. The number of H-pyrrole nitrogens is 1. The van der Waals surface area contributed by atoms with Gasteiger partial charge in [-0.3, -0.25) is 14.8 Å². The molecule has 1 aliphatic heterocycles. The largest absolute Gasteiger partial charge is 0.480 e. The number of aliphatic carboxylic acids is 1. The molecule has 4 rings (SSSR count). The van der Waals surface area contributed by atoms with Crippen LogP contribution < -0.4 is 0 Å². The molecule has 1 aromatic carbocycles. The molecule has 2 N–H and O–H groups in total. The summed E-state index contributed by atoms with van der Waals surface area (Å²) in [6.07, 6.45) is 7.43. The molecule has 1 aromatic heterocycles. The zero-order chi connectivity index (χ0) is 15.1. The average Bonchev–Trinajstić information content (AvgIpc) is 3.12. The predicted molar refractivity (Wildman–Crippen MR) is 83.4 cm³/mol. The number of carbonyl (C=O) groups is 1. The van der Waals surface area contributed by atoms with Crippen molar-refractivity contribution in [3.05, 3.63) is 30.0 Å². The fourth-order valence-electron chi connectivity index (χ4n) is 4.32. The summed E-state index contributed by atoms with van der Waals surface area (Å²) in [5, 5.41) is 17.7. The molecule has 0 spiro atoms. The maximum absolute atomic E-state index is 11.7. The van der Waals surface area contributed by atoms with E-state index < -0.39 is 5.97 Å². The Hall–Kier alpha value is -1.88. The van der Waals surface area contributed by atoms with Gasteiger partial charge >= 0.3 is 5.97 Å². The van der Waals surface area contributed by atoms with Crippen molar-refractivity contribution in [1.29, 1.82) is 0 Å². The lowest BCUT2D eigenvalue weighted by molar-refractivity contribution is -0.142. The van der Waals surface area contributed by atoms with E-state index in [1.165, 1.54) is 19.3 Å². The lowest BCUT2D eigenvalue weighted by Crippen LogP contribution is -2.41. The molecular formula is C17H21N3O2. The van der Waals surface area contributed by atoms with Crippen molar-refractivity contribution < 1.29 is 9.90 Å². The lowest BCUT2D eigenvalue weighted by atomic mass is 9.84. The molecule has 5 heteroatoms. The molecular weight excluding hydrogens is 278 g/mol. The molecule has 0 bridgehead atoms. The Morgan fingerprint density at radius 2 is 2.23 bits per heavy atom. The number of nitrogens with one attached hydrogen (secondary N) is 1. The van der Waals surface area contributed by atoms with Gasteiger partial charge in [-0.2, -0.15) is 5.10 Å². The zero-order valence-electron chi connectivity index (χ0n) is 12.5. The van der Waals surface area contributed by atoms with Crippen molar-refractivity contribution in [3.63, 3.8) is 0 Å². The first-order chi connectivity index (χ1) is 10.7. The van der Waals surface area contributed by atoms with Crippen molar-refractivity contribution in [2.75, 3.05) is 0 Å². The van der Waals surface area contributed by atoms with E-state index in [1.807, 2.05) is 6.20 Å². The van der Waals surface area contributed by atoms with E-state index in [1.54, 1.807) is 0 Å². The van der Waals surface area contributed by atoms with Gasteiger partial charge < -0.3 is 5.11 Å². The Labute approximate surface area is 129 Å². The molecule has 5 nitrogen and oxygen atoms in total. The van der Waals surface area contributed by atoms with E-state index in [2.05, 4.69) is 33.3 Å². The van der Waals surface area contributed by atoms with Gasteiger partial charge in [0, 0.05) is 18.0 Å². The smallest absolute Gasteiger partial charge is 0.320 e. The van der Waals surface area contributed by atoms with Crippen LogP contribution in [0.4, 0.5) is 0 Å². The van der Waals surface area contributed by atoms with Gasteiger partial charge in [0.15, 0.2) is 0 Å². The minimum absolute atomic E-state index is 0.328. The molecule has 3 atom stereocenters. The first-order valence-electron chi connectivity index (χ1n) is 8.13. The van der Waals surface area contributed by atoms with Crippen LogP contribution in [0.1, 0.15) is 37.7 Å². The van der Waals surface area contributed by atoms with E-state index in [4.69, 9.17) is 0 Å². The highest BCUT2D eigenvalue weighted by Gasteiger charge is 2.44. The monoisotopic (exact) mass is 299 g/mol. The third-order valence-electron chi connectivity index (χ3n) is 5.38. The first kappa shape index (κ1) is 13.8. The molecule has 0 amide bonds. The molecule has 2 heterocycles. The molecule has 2 aromatic rings. The summed E-state index contributed by atoms with van der Waals surface area (Å²) in [5.41, 5.74) is 2.18. The fraction of sp³-hybridized carbons (Fsp3) is 0.529. The molecule has 1 saturated carbocycles. The number of carboxylic acid groups (broad SMARTS) is 1. The minimum atomic E-state index is -0.669. The molecule has 1 aliphatic carbocycles. The predicted octanol–water partition coefficient (Wildman–Crippen LogP) is 2.78. The van der Waals surface area contributed by atoms with Crippen LogP contribution >= 0.6 is 0 Å². The number of aromatic amines is 1. The van der Waals surface area contributed by atoms with Gasteiger partial charge in [0.25, 0.3) is 0 Å². The number of rotatable bonds is 3. The Bertz CT molecular complexity index is 696. The van der Waals surface area contributed by atoms with Crippen LogP contribution in [-0.2, 0) is 11.3 Å². The number of fused-ring (bicyclic) bond motifs is 2. The standard InChI is InChI=1S/C17H21N3O2/c21-17(22)16-8-12-3-1-2-4-15(12)20(16)10-11-5-6-13-9-18-19-14(13)7-11/h5-7,9,12,15-16H,1-4,8,10H2,(H,18,19)(H,21,22). The Kier molecular flexibility index (Phi) is 3.37. The van der Waals surface area contributed by atoms with E-state index in [-0.39, 0.29) is 6.04 Å². The summed E-state index contributed by atoms with van der Waals surface area (Å²) in [5.74, 6) is -0.109. The van der Waals surface area contributed by atoms with Crippen LogP contribution in [0.5, 0.6) is 0 Å². The van der Waals surface area contributed by atoms with Crippen molar-refractivity contribution in [3.8, 4) is 0 Å². The van der Waals surface area contributed by atoms with Crippen molar-refractivity contribution in [2.24, 2.45) is 5.92 Å². The van der Waals surface area contributed by atoms with Crippen LogP contribution in [-0.4, -0.2) is 38.3 Å². The molecule has 22 heavy (non-hydrogen) atoms. The van der Waals surface area contributed by atoms with Crippen LogP contribution in [0.25, 0.3) is 10.9 Å². The number of benzene rings is 1. The van der Waals surface area contributed by atoms with E-state index >= 15 is 0 Å². The van der Waals surface area contributed by atoms with Gasteiger partial charge in [0.05, 0.1) is 11.7 Å². The number of aromatic nitrogens is 2. The first-order valence-corrected chi connectivity index (χ1v) is 8.13. The molecule has 116 valence electrons. The van der Waals surface area contributed by atoms with Gasteiger partial charge in [-0.1, -0.05) is 25.0 Å². The SMILES string of the molecule is O=C(O)C1CC2CCCCC2N1Cc1ccc2cn[nH]c2c1. The molecule has 1 saturated heterocycles. The maximum atomic E-state index is 11.7. The third-order valence-corrected chi connectivity index (χ3v) is 5.38. The Balaban J connectivity index is 1.61. The van der Waals surface area contributed by atoms with Crippen LogP contribution in [0.15, 0.2) is 24.4 Å². The van der Waals surface area contributed by atoms with Crippen LogP contribution in [0.2, 0.25) is 0 Å². The third kappa shape index (κ3) is 2.29. The van der Waals surface area contributed by atoms with E-state index in [9.17, 15) is 9.90 Å². The maximum Gasteiger partial charge on any atom is 0.320 e. The summed E-state index contributed by atoms with van der Waals surface area (Å²) >= 11 is 0. The van der Waals surface area contributed by atoms with Gasteiger partial charge in [-0.25, -0.2) is 0 Å². The highest BCUT2D eigenvalue weighted by Crippen LogP contribution is 2.40. The average molecular weight is 299 g/mol. The number of hydrogen-bond donors (Lipinski definition) is 2. The summed E-state index contributed by atoms with van der Waals surface area (Å²) in [4.78, 5) is 13.9. The number of carboxylic acids is 1. The Morgan fingerprint density at radius 3 is 3.09 bits per heavy atom. The summed E-state index contributed by atoms with van der Waals surface area (Å²) < 4.78 is 0. The van der Waals surface area contributed by atoms with Gasteiger partial charge in [0.2, 0.25) is 0 Å². The summed E-state index contributed by atoms with van der Waals surface area (Å²) in [7, 11) is 0. The summed E-state index contributed by atoms with van der Waals surface area (Å²) in [6.45, 7) is 0.715. The zero-order valence-corrected chi connectivity index (χ0v) is 12.5. The van der Waals surface area contributed by atoms with Crippen LogP contribution in [0, 0.1) is 5.92 Å². The normalized spacial score (nSPS) is 28.8. The molecule has 3 unspecified atom stereocenters. The van der Waals surface area contributed by atoms with Crippen LogP contribution in [0.3, 0.4) is 0 Å². The Morgan fingerprint density at radius 1 is 1.36 bits per heavy atom. The highest BCUT2D eigenvalue weighted by molar-refractivity contribution is 5.78. The summed E-state index contributed by atoms with van der Waals surface area (Å²) in [6, 6.07) is 6.35. The van der Waals surface area contributed by atoms with Gasteiger partial charge in [-0.05, 0) is 36.8 Å². The highest BCUT2D eigenvalue weighted by atomic mass is 16.4. The van der Waals surface area contributed by atoms with E-state index in [0.29, 0.717) is 18.5 Å². The molecule has 0 radical (unpaired) electrons. The second kappa shape index (κ2) is 5.39. The second-order valence-electron chi connectivity index (χ2n) is 6.67. The van der Waals surface area contributed by atoms with Crippen molar-refractivity contribution in [1.82, 2.24) is 15.1 Å². The van der Waals surface area contributed by atoms with Crippen molar-refractivity contribution >= 4 is 16.9 Å². The molecule has 2 aliphatic rings. The van der Waals surface area contributed by atoms with Gasteiger partial charge in [-0.15, -0.1) is 0 Å². The fourth-order valence-corrected chi connectivity index (χ4v) is 4.32. The topological polar surface area (TPSA) is 69.2 Å². The van der Waals surface area contributed by atoms with Crippen molar-refractivity contribution in [2.45, 2.75) is 50.7 Å². The number of likely N-dealkylation sites (tertiary alicyclic amines) is 1. The molecule has 2 fully saturated rings. The quantitative estimate of drug-likeness (QED) is 0.914. The van der Waals surface area contributed by atoms with Gasteiger partial charge in [0.1, 0.15) is 6.04 Å². The number of nitrogens with zero attached hydrogens (tertiary/aromatic N) is 2. The lowest BCUT2D eigenvalue weighted by Gasteiger charge is -2.33. The number of hydrogen-bond acceptors (Lipinski definition) is 3.